The number of aryl methyl sites for hydroxylation is 1. The number of methoxy groups -OCH3 is 1. The van der Waals surface area contributed by atoms with E-state index in [1.807, 2.05) is 32.0 Å². The van der Waals surface area contributed by atoms with Crippen molar-refractivity contribution in [3.63, 3.8) is 0 Å². The zero-order valence-electron chi connectivity index (χ0n) is 18.9. The fraction of sp³-hybridized carbons (Fsp3) is 0.240. The third-order valence-electron chi connectivity index (χ3n) is 4.85. The molecule has 8 heteroatoms. The van der Waals surface area contributed by atoms with Gasteiger partial charge in [0.25, 0.3) is 10.0 Å². The number of hydrogen-bond donors (Lipinski definition) is 1. The van der Waals surface area contributed by atoms with E-state index in [4.69, 9.17) is 9.47 Å². The highest BCUT2D eigenvalue weighted by Gasteiger charge is 2.27. The number of sulfonamides is 1. The molecule has 0 aliphatic carbocycles. The lowest BCUT2D eigenvalue weighted by atomic mass is 10.2. The molecule has 3 aromatic rings. The van der Waals surface area contributed by atoms with Crippen LogP contribution in [0.1, 0.15) is 18.1 Å². The van der Waals surface area contributed by atoms with E-state index in [0.29, 0.717) is 30.3 Å². The highest BCUT2D eigenvalue weighted by molar-refractivity contribution is 7.92. The van der Waals surface area contributed by atoms with E-state index in [1.54, 1.807) is 49.6 Å². The van der Waals surface area contributed by atoms with Crippen LogP contribution < -0.4 is 14.4 Å². The van der Waals surface area contributed by atoms with Crippen molar-refractivity contribution in [1.82, 2.24) is 0 Å². The third-order valence-corrected chi connectivity index (χ3v) is 6.64. The molecular weight excluding hydrogens is 440 g/mol. The molecule has 174 valence electrons. The zero-order valence-corrected chi connectivity index (χ0v) is 19.8. The molecule has 33 heavy (non-hydrogen) atoms. The average Bonchev–Trinajstić information content (AvgIpc) is 2.79. The molecule has 0 aliphatic heterocycles. The highest BCUT2D eigenvalue weighted by atomic mass is 32.2. The SMILES string of the molecule is CCOc1ccc(S(=O)(=O)N(CC(=O)Nc2cccc(COC)c2)c2ccc(C)cc2)cc1. The lowest BCUT2D eigenvalue weighted by Crippen LogP contribution is -2.38. The summed E-state index contributed by atoms with van der Waals surface area (Å²) in [5.74, 6) is 0.117. The summed E-state index contributed by atoms with van der Waals surface area (Å²) in [5.41, 5.74) is 2.85. The molecule has 7 nitrogen and oxygen atoms in total. The fourth-order valence-electron chi connectivity index (χ4n) is 3.26. The molecular formula is C25H28N2O5S. The summed E-state index contributed by atoms with van der Waals surface area (Å²) in [5, 5.41) is 2.78. The first-order valence-corrected chi connectivity index (χ1v) is 12.0. The van der Waals surface area contributed by atoms with Crippen molar-refractivity contribution in [2.45, 2.75) is 25.3 Å². The van der Waals surface area contributed by atoms with Crippen LogP contribution in [-0.2, 0) is 26.2 Å². The Hall–Kier alpha value is -3.36. The number of nitrogens with one attached hydrogen (secondary N) is 1. The minimum absolute atomic E-state index is 0.0708. The summed E-state index contributed by atoms with van der Waals surface area (Å²) in [4.78, 5) is 13.0. The normalized spacial score (nSPS) is 11.1. The largest absolute Gasteiger partial charge is 0.494 e. The van der Waals surface area contributed by atoms with Crippen LogP contribution in [0.4, 0.5) is 11.4 Å². The van der Waals surface area contributed by atoms with Crippen molar-refractivity contribution >= 4 is 27.3 Å². The molecule has 0 fully saturated rings. The number of benzene rings is 3. The third kappa shape index (κ3) is 6.34. The van der Waals surface area contributed by atoms with E-state index in [1.165, 1.54) is 12.1 Å². The van der Waals surface area contributed by atoms with Crippen molar-refractivity contribution in [2.24, 2.45) is 0 Å². The van der Waals surface area contributed by atoms with E-state index in [-0.39, 0.29) is 11.4 Å². The zero-order chi connectivity index (χ0) is 23.8. The molecule has 0 radical (unpaired) electrons. The van der Waals surface area contributed by atoms with Crippen molar-refractivity contribution in [1.29, 1.82) is 0 Å². The second-order valence-corrected chi connectivity index (χ2v) is 9.30. The van der Waals surface area contributed by atoms with Crippen LogP contribution in [0.25, 0.3) is 0 Å². The lowest BCUT2D eigenvalue weighted by Gasteiger charge is -2.24. The average molecular weight is 469 g/mol. The van der Waals surface area contributed by atoms with Crippen LogP contribution in [0.2, 0.25) is 0 Å². The Morgan fingerprint density at radius 1 is 1.00 bits per heavy atom. The van der Waals surface area contributed by atoms with Crippen molar-refractivity contribution in [3.8, 4) is 5.75 Å². The number of nitrogens with zero attached hydrogens (tertiary/aromatic N) is 1. The molecule has 0 saturated carbocycles. The number of carbonyl (C=O) groups is 1. The van der Waals surface area contributed by atoms with Crippen molar-refractivity contribution < 1.29 is 22.7 Å². The van der Waals surface area contributed by atoms with Gasteiger partial charge in [-0.15, -0.1) is 0 Å². The summed E-state index contributed by atoms with van der Waals surface area (Å²) in [6.45, 7) is 4.27. The maximum Gasteiger partial charge on any atom is 0.264 e. The van der Waals surface area contributed by atoms with Gasteiger partial charge in [-0.2, -0.15) is 0 Å². The Bertz CT molecular complexity index is 1180. The van der Waals surface area contributed by atoms with Crippen LogP contribution >= 0.6 is 0 Å². The Morgan fingerprint density at radius 2 is 1.70 bits per heavy atom. The van der Waals surface area contributed by atoms with Crippen LogP contribution in [0.5, 0.6) is 5.75 Å². The monoisotopic (exact) mass is 468 g/mol. The van der Waals surface area contributed by atoms with Gasteiger partial charge in [-0.25, -0.2) is 8.42 Å². The van der Waals surface area contributed by atoms with Gasteiger partial charge in [-0.1, -0.05) is 29.8 Å². The molecule has 0 unspecified atom stereocenters. The Kier molecular flexibility index (Phi) is 8.08. The summed E-state index contributed by atoms with van der Waals surface area (Å²) in [6.07, 6.45) is 0. The first-order chi connectivity index (χ1) is 15.8. The summed E-state index contributed by atoms with van der Waals surface area (Å²) in [7, 11) is -2.41. The smallest absolute Gasteiger partial charge is 0.264 e. The molecule has 1 N–H and O–H groups in total. The second kappa shape index (κ2) is 11.0. The molecule has 3 rings (SSSR count). The molecule has 0 saturated heterocycles. The molecule has 0 bridgehead atoms. The predicted molar refractivity (Wildman–Crippen MR) is 129 cm³/mol. The van der Waals surface area contributed by atoms with Gasteiger partial charge in [0.05, 0.1) is 23.8 Å². The topological polar surface area (TPSA) is 84.9 Å². The van der Waals surface area contributed by atoms with Gasteiger partial charge in [0.1, 0.15) is 12.3 Å². The highest BCUT2D eigenvalue weighted by Crippen LogP contribution is 2.26. The summed E-state index contributed by atoms with van der Waals surface area (Å²) >= 11 is 0. The fourth-order valence-corrected chi connectivity index (χ4v) is 4.69. The van der Waals surface area contributed by atoms with Gasteiger partial charge in [0, 0.05) is 12.8 Å². The number of hydrogen-bond acceptors (Lipinski definition) is 5. The van der Waals surface area contributed by atoms with Crippen LogP contribution in [-0.4, -0.2) is 34.6 Å². The molecule has 0 atom stereocenters. The minimum Gasteiger partial charge on any atom is -0.494 e. The van der Waals surface area contributed by atoms with Crippen LogP contribution in [0.15, 0.2) is 77.7 Å². The van der Waals surface area contributed by atoms with Crippen LogP contribution in [0.3, 0.4) is 0 Å². The van der Waals surface area contributed by atoms with Gasteiger partial charge in [0.2, 0.25) is 5.91 Å². The van der Waals surface area contributed by atoms with Gasteiger partial charge < -0.3 is 14.8 Å². The maximum atomic E-state index is 13.5. The van der Waals surface area contributed by atoms with Crippen molar-refractivity contribution in [3.05, 3.63) is 83.9 Å². The number of rotatable bonds is 10. The van der Waals surface area contributed by atoms with Gasteiger partial charge in [-0.3, -0.25) is 9.10 Å². The predicted octanol–water partition coefficient (Wildman–Crippen LogP) is 4.37. The van der Waals surface area contributed by atoms with E-state index < -0.39 is 15.9 Å². The molecule has 0 heterocycles. The summed E-state index contributed by atoms with van der Waals surface area (Å²) in [6, 6.07) is 20.4. The molecule has 3 aromatic carbocycles. The maximum absolute atomic E-state index is 13.5. The summed E-state index contributed by atoms with van der Waals surface area (Å²) < 4.78 is 38.6. The Morgan fingerprint density at radius 3 is 2.33 bits per heavy atom. The quantitative estimate of drug-likeness (QED) is 0.478. The van der Waals surface area contributed by atoms with E-state index in [9.17, 15) is 13.2 Å². The second-order valence-electron chi connectivity index (χ2n) is 7.43. The number of ether oxygens (including phenoxy) is 2. The number of amides is 1. The van der Waals surface area contributed by atoms with E-state index in [0.717, 1.165) is 15.4 Å². The van der Waals surface area contributed by atoms with E-state index in [2.05, 4.69) is 5.32 Å². The van der Waals surface area contributed by atoms with E-state index >= 15 is 0 Å². The Balaban J connectivity index is 1.89. The number of carbonyl (C=O) groups excluding carboxylic acids is 1. The van der Waals surface area contributed by atoms with Gasteiger partial charge in [0.15, 0.2) is 0 Å². The van der Waals surface area contributed by atoms with Gasteiger partial charge >= 0.3 is 0 Å². The molecule has 0 aliphatic rings. The van der Waals surface area contributed by atoms with Gasteiger partial charge in [-0.05, 0) is 67.9 Å². The molecule has 0 spiro atoms. The van der Waals surface area contributed by atoms with Crippen LogP contribution in [0, 0.1) is 6.92 Å². The molecule has 1 amide bonds. The standard InChI is InChI=1S/C25H28N2O5S/c1-4-32-23-12-14-24(15-13-23)33(29,30)27(22-10-8-19(2)9-11-22)17-25(28)26-21-7-5-6-20(16-21)18-31-3/h5-16H,4,17-18H2,1-3H3,(H,26,28). The van der Waals surface area contributed by atoms with Crippen molar-refractivity contribution in [2.75, 3.05) is 29.9 Å². The number of anilines is 2. The lowest BCUT2D eigenvalue weighted by molar-refractivity contribution is -0.114. The first-order valence-electron chi connectivity index (χ1n) is 10.5. The molecule has 0 aromatic heterocycles. The minimum atomic E-state index is -4.01. The Labute approximate surface area is 195 Å². The first kappa shape index (κ1) is 24.3.